The number of unbranched alkanes of at least 4 members (excludes halogenated alkanes) is 1. The van der Waals surface area contributed by atoms with Crippen molar-refractivity contribution in [3.8, 4) is 0 Å². The summed E-state index contributed by atoms with van der Waals surface area (Å²) in [6.07, 6.45) is 1.78. The van der Waals surface area contributed by atoms with Crippen molar-refractivity contribution in [2.75, 3.05) is 11.4 Å². The van der Waals surface area contributed by atoms with Gasteiger partial charge in [-0.1, -0.05) is 13.3 Å². The van der Waals surface area contributed by atoms with Crippen molar-refractivity contribution in [1.29, 1.82) is 0 Å². The number of benzene rings is 1. The van der Waals surface area contributed by atoms with Crippen LogP contribution in [0.4, 0.5) is 14.5 Å². The minimum absolute atomic E-state index is 0.0488. The van der Waals surface area contributed by atoms with E-state index in [1.807, 2.05) is 6.92 Å². The molecular formula is C15H21F2NO. The van der Waals surface area contributed by atoms with E-state index in [0.717, 1.165) is 18.9 Å². The number of carbonyl (C=O) groups is 1. The first-order valence-corrected chi connectivity index (χ1v) is 6.54. The smallest absolute Gasteiger partial charge is 0.154 e. The van der Waals surface area contributed by atoms with Crippen molar-refractivity contribution in [1.82, 2.24) is 0 Å². The van der Waals surface area contributed by atoms with Crippen LogP contribution < -0.4 is 4.90 Å². The van der Waals surface area contributed by atoms with Crippen molar-refractivity contribution >= 4 is 11.5 Å². The molecule has 2 nitrogen and oxygen atoms in total. The van der Waals surface area contributed by atoms with Gasteiger partial charge >= 0.3 is 0 Å². The van der Waals surface area contributed by atoms with Gasteiger partial charge in [-0.15, -0.1) is 0 Å². The van der Waals surface area contributed by atoms with Gasteiger partial charge in [0.05, 0.1) is 11.2 Å². The highest BCUT2D eigenvalue weighted by Gasteiger charge is 2.32. The van der Waals surface area contributed by atoms with Gasteiger partial charge in [0.2, 0.25) is 0 Å². The largest absolute Gasteiger partial charge is 0.357 e. The molecule has 0 aliphatic heterocycles. The summed E-state index contributed by atoms with van der Waals surface area (Å²) < 4.78 is 26.9. The number of hydrogen-bond acceptors (Lipinski definition) is 2. The minimum atomic E-state index is -0.812. The average Bonchev–Trinajstić information content (AvgIpc) is 2.31. The van der Waals surface area contributed by atoms with Crippen LogP contribution in [0, 0.1) is 11.6 Å². The van der Waals surface area contributed by atoms with E-state index >= 15 is 0 Å². The van der Waals surface area contributed by atoms with Crippen LogP contribution in [-0.4, -0.2) is 17.9 Å². The molecule has 0 saturated heterocycles. The number of hydrogen-bond donors (Lipinski definition) is 0. The van der Waals surface area contributed by atoms with Gasteiger partial charge in [0.15, 0.2) is 5.78 Å². The summed E-state index contributed by atoms with van der Waals surface area (Å²) >= 11 is 0. The zero-order valence-electron chi connectivity index (χ0n) is 12.0. The molecule has 0 aliphatic rings. The molecule has 0 aromatic heterocycles. The Balaban J connectivity index is 3.19. The highest BCUT2D eigenvalue weighted by molar-refractivity contribution is 5.89. The van der Waals surface area contributed by atoms with Crippen LogP contribution in [0.5, 0.6) is 0 Å². The topological polar surface area (TPSA) is 20.3 Å². The Labute approximate surface area is 113 Å². The maximum absolute atomic E-state index is 13.9. The number of carbonyl (C=O) groups excluding carboxylic acids is 1. The van der Waals surface area contributed by atoms with Gasteiger partial charge in [-0.05, 0) is 39.3 Å². The third kappa shape index (κ3) is 3.52. The Morgan fingerprint density at radius 3 is 2.42 bits per heavy atom. The molecule has 4 heteroatoms. The first-order valence-electron chi connectivity index (χ1n) is 6.54. The quantitative estimate of drug-likeness (QED) is 0.779. The molecule has 0 saturated carbocycles. The van der Waals surface area contributed by atoms with Crippen LogP contribution in [0.15, 0.2) is 18.2 Å². The fourth-order valence-electron chi connectivity index (χ4n) is 1.91. The second kappa shape index (κ2) is 6.13. The number of anilines is 1. The second-order valence-electron chi connectivity index (χ2n) is 5.22. The maximum atomic E-state index is 13.9. The molecule has 1 rings (SSSR count). The van der Waals surface area contributed by atoms with E-state index in [1.165, 1.54) is 19.1 Å². The zero-order chi connectivity index (χ0) is 14.6. The van der Waals surface area contributed by atoms with Crippen LogP contribution in [0.1, 0.15) is 40.5 Å². The van der Waals surface area contributed by atoms with E-state index in [1.54, 1.807) is 18.7 Å². The van der Waals surface area contributed by atoms with Crippen LogP contribution in [0.2, 0.25) is 0 Å². The summed E-state index contributed by atoms with van der Waals surface area (Å²) in [5.41, 5.74) is -0.538. The molecule has 0 unspecified atom stereocenters. The lowest BCUT2D eigenvalue weighted by Crippen LogP contribution is -2.50. The van der Waals surface area contributed by atoms with Gasteiger partial charge in [0, 0.05) is 12.6 Å². The molecular weight excluding hydrogens is 248 g/mol. The molecule has 0 amide bonds. The van der Waals surface area contributed by atoms with Crippen LogP contribution in [-0.2, 0) is 4.79 Å². The van der Waals surface area contributed by atoms with E-state index < -0.39 is 17.2 Å². The van der Waals surface area contributed by atoms with Gasteiger partial charge in [-0.25, -0.2) is 8.78 Å². The summed E-state index contributed by atoms with van der Waals surface area (Å²) in [6, 6.07) is 3.46. The Kier molecular flexibility index (Phi) is 5.04. The van der Waals surface area contributed by atoms with Crippen molar-refractivity contribution in [2.45, 2.75) is 46.1 Å². The second-order valence-corrected chi connectivity index (χ2v) is 5.22. The lowest BCUT2D eigenvalue weighted by molar-refractivity contribution is -0.121. The van der Waals surface area contributed by atoms with Crippen molar-refractivity contribution in [2.24, 2.45) is 0 Å². The first-order chi connectivity index (χ1) is 8.80. The Hall–Kier alpha value is -1.45. The Bertz CT molecular complexity index is 457. The molecule has 0 spiro atoms. The molecule has 0 heterocycles. The molecule has 0 aliphatic carbocycles. The van der Waals surface area contributed by atoms with Gasteiger partial charge in [-0.3, -0.25) is 4.79 Å². The molecule has 1 aromatic carbocycles. The van der Waals surface area contributed by atoms with Crippen molar-refractivity contribution in [3.63, 3.8) is 0 Å². The van der Waals surface area contributed by atoms with Gasteiger partial charge in [0.1, 0.15) is 11.6 Å². The molecule has 19 heavy (non-hydrogen) atoms. The summed E-state index contributed by atoms with van der Waals surface area (Å²) in [7, 11) is 0. The van der Waals surface area contributed by atoms with E-state index in [-0.39, 0.29) is 11.5 Å². The molecule has 0 N–H and O–H groups in total. The minimum Gasteiger partial charge on any atom is -0.357 e. The molecule has 0 radical (unpaired) electrons. The Morgan fingerprint density at radius 1 is 1.32 bits per heavy atom. The van der Waals surface area contributed by atoms with Gasteiger partial charge in [0.25, 0.3) is 0 Å². The molecule has 1 aromatic rings. The number of nitrogens with zero attached hydrogens (tertiary/aromatic N) is 1. The Morgan fingerprint density at radius 2 is 1.95 bits per heavy atom. The molecule has 0 atom stereocenters. The first kappa shape index (κ1) is 15.6. The predicted molar refractivity (Wildman–Crippen MR) is 73.4 cm³/mol. The lowest BCUT2D eigenvalue weighted by Gasteiger charge is -2.38. The molecule has 0 fully saturated rings. The van der Waals surface area contributed by atoms with E-state index in [9.17, 15) is 13.6 Å². The van der Waals surface area contributed by atoms with E-state index in [4.69, 9.17) is 0 Å². The van der Waals surface area contributed by atoms with E-state index in [0.29, 0.717) is 6.54 Å². The predicted octanol–water partition coefficient (Wildman–Crippen LogP) is 3.94. The van der Waals surface area contributed by atoms with Crippen LogP contribution >= 0.6 is 0 Å². The van der Waals surface area contributed by atoms with Crippen LogP contribution in [0.3, 0.4) is 0 Å². The standard InChI is InChI=1S/C15H21F2NO/c1-5-6-9-18(15(3,4)11(2)19)14-8-7-12(16)10-13(14)17/h7-8,10H,5-6,9H2,1-4H3. The highest BCUT2D eigenvalue weighted by atomic mass is 19.1. The third-order valence-electron chi connectivity index (χ3n) is 3.47. The monoisotopic (exact) mass is 269 g/mol. The number of rotatable bonds is 6. The van der Waals surface area contributed by atoms with Gasteiger partial charge < -0.3 is 4.90 Å². The normalized spacial score (nSPS) is 11.5. The number of Topliss-reactive ketones (excluding diaryl/α,β-unsaturated/α-hetero) is 1. The fourth-order valence-corrected chi connectivity index (χ4v) is 1.91. The SMILES string of the molecule is CCCCN(c1ccc(F)cc1F)C(C)(C)C(C)=O. The van der Waals surface area contributed by atoms with E-state index in [2.05, 4.69) is 0 Å². The average molecular weight is 269 g/mol. The fraction of sp³-hybridized carbons (Fsp3) is 0.533. The third-order valence-corrected chi connectivity index (χ3v) is 3.47. The molecule has 0 bridgehead atoms. The number of ketones is 1. The zero-order valence-corrected chi connectivity index (χ0v) is 12.0. The van der Waals surface area contributed by atoms with Crippen LogP contribution in [0.25, 0.3) is 0 Å². The van der Waals surface area contributed by atoms with Crippen molar-refractivity contribution in [3.05, 3.63) is 29.8 Å². The summed E-state index contributed by atoms with van der Waals surface area (Å²) in [4.78, 5) is 13.5. The van der Waals surface area contributed by atoms with Crippen molar-refractivity contribution < 1.29 is 13.6 Å². The highest BCUT2D eigenvalue weighted by Crippen LogP contribution is 2.28. The summed E-state index contributed by atoms with van der Waals surface area (Å²) in [5.74, 6) is -1.30. The maximum Gasteiger partial charge on any atom is 0.154 e. The van der Waals surface area contributed by atoms with Gasteiger partial charge in [-0.2, -0.15) is 0 Å². The summed E-state index contributed by atoms with van der Waals surface area (Å²) in [5, 5.41) is 0. The molecule has 106 valence electrons. The number of halogens is 2. The lowest BCUT2D eigenvalue weighted by atomic mass is 9.96. The summed E-state index contributed by atoms with van der Waals surface area (Å²) in [6.45, 7) is 7.59.